The smallest absolute Gasteiger partial charge is 0.274 e. The fraction of sp³-hybridized carbons (Fsp3) is 0.273. The lowest BCUT2D eigenvalue weighted by Gasteiger charge is -2.21. The molecular formula is C22H23N3O2. The van der Waals surface area contributed by atoms with Gasteiger partial charge in [-0.3, -0.25) is 4.79 Å². The molecule has 3 aromatic rings. The van der Waals surface area contributed by atoms with Crippen molar-refractivity contribution in [3.05, 3.63) is 81.3 Å². The maximum Gasteiger partial charge on any atom is 0.274 e. The Morgan fingerprint density at radius 2 is 1.89 bits per heavy atom. The number of methoxy groups -OCH3 is 1. The number of benzene rings is 2. The van der Waals surface area contributed by atoms with Crippen LogP contribution in [0.1, 0.15) is 34.8 Å². The molecule has 27 heavy (non-hydrogen) atoms. The molecule has 1 aliphatic heterocycles. The molecule has 0 fully saturated rings. The number of nitrogens with zero attached hydrogens (tertiary/aromatic N) is 2. The Kier molecular flexibility index (Phi) is 4.44. The van der Waals surface area contributed by atoms with Crippen LogP contribution in [0, 0.1) is 13.8 Å². The van der Waals surface area contributed by atoms with E-state index in [-0.39, 0.29) is 11.6 Å². The molecule has 1 aliphatic rings. The van der Waals surface area contributed by atoms with Gasteiger partial charge in [0.05, 0.1) is 13.2 Å². The molecule has 1 aromatic heterocycles. The van der Waals surface area contributed by atoms with Crippen LogP contribution in [0.15, 0.2) is 53.3 Å². The minimum Gasteiger partial charge on any atom is -0.496 e. The largest absolute Gasteiger partial charge is 0.496 e. The summed E-state index contributed by atoms with van der Waals surface area (Å²) in [4.78, 5) is 16.4. The van der Waals surface area contributed by atoms with E-state index in [1.54, 1.807) is 13.2 Å². The van der Waals surface area contributed by atoms with E-state index < -0.39 is 0 Å². The first kappa shape index (κ1) is 17.3. The number of rotatable bonds is 4. The van der Waals surface area contributed by atoms with Gasteiger partial charge in [0.2, 0.25) is 5.95 Å². The molecule has 0 bridgehead atoms. The molecule has 0 aliphatic carbocycles. The molecule has 1 N–H and O–H groups in total. The van der Waals surface area contributed by atoms with E-state index in [2.05, 4.69) is 27.0 Å². The highest BCUT2D eigenvalue weighted by Gasteiger charge is 2.26. The average Bonchev–Trinajstić information content (AvgIpc) is 3.09. The Balaban J connectivity index is 1.79. The standard InChI is InChI=1S/C22H23N3O2/c1-14-12-20(27-3)15(2)11-18(14)23-22-24-21(26)13-17-9-10-19(25(17)22)16-7-5-4-6-8-16/h4-8,11-13,19H,9-10H2,1-3H3,(H,23,24,26). The Morgan fingerprint density at radius 1 is 1.11 bits per heavy atom. The normalized spacial score (nSPS) is 15.4. The van der Waals surface area contributed by atoms with Crippen LogP contribution in [0.25, 0.3) is 0 Å². The number of ether oxygens (including phenoxy) is 1. The first-order valence-corrected chi connectivity index (χ1v) is 9.16. The lowest BCUT2D eigenvalue weighted by Crippen LogP contribution is -2.19. The van der Waals surface area contributed by atoms with Crippen molar-refractivity contribution in [3.63, 3.8) is 0 Å². The Morgan fingerprint density at radius 3 is 2.63 bits per heavy atom. The molecule has 2 heterocycles. The highest BCUT2D eigenvalue weighted by molar-refractivity contribution is 5.63. The van der Waals surface area contributed by atoms with E-state index in [4.69, 9.17) is 4.74 Å². The maximum atomic E-state index is 12.2. The Labute approximate surface area is 158 Å². The topological polar surface area (TPSA) is 56.1 Å². The lowest BCUT2D eigenvalue weighted by molar-refractivity contribution is 0.411. The number of aryl methyl sites for hydroxylation is 3. The average molecular weight is 361 g/mol. The van der Waals surface area contributed by atoms with Crippen LogP contribution in [-0.4, -0.2) is 16.7 Å². The van der Waals surface area contributed by atoms with Crippen LogP contribution in [0.3, 0.4) is 0 Å². The molecule has 0 saturated heterocycles. The van der Waals surface area contributed by atoms with Gasteiger partial charge in [-0.25, -0.2) is 0 Å². The van der Waals surface area contributed by atoms with Gasteiger partial charge in [0.1, 0.15) is 5.75 Å². The van der Waals surface area contributed by atoms with Gasteiger partial charge in [-0.15, -0.1) is 0 Å². The summed E-state index contributed by atoms with van der Waals surface area (Å²) in [6.07, 6.45) is 1.83. The van der Waals surface area contributed by atoms with Gasteiger partial charge in [0.15, 0.2) is 0 Å². The van der Waals surface area contributed by atoms with Crippen LogP contribution in [0.4, 0.5) is 11.6 Å². The van der Waals surface area contributed by atoms with Crippen molar-refractivity contribution in [1.82, 2.24) is 9.55 Å². The third kappa shape index (κ3) is 3.21. The summed E-state index contributed by atoms with van der Waals surface area (Å²) in [5, 5.41) is 3.40. The molecule has 0 radical (unpaired) electrons. The quantitative estimate of drug-likeness (QED) is 0.758. The molecule has 1 atom stereocenters. The monoisotopic (exact) mass is 361 g/mol. The van der Waals surface area contributed by atoms with E-state index in [1.807, 2.05) is 44.2 Å². The third-order valence-electron chi connectivity index (χ3n) is 5.20. The minimum absolute atomic E-state index is 0.177. The van der Waals surface area contributed by atoms with Gasteiger partial charge in [-0.1, -0.05) is 30.3 Å². The van der Waals surface area contributed by atoms with Gasteiger partial charge in [0.25, 0.3) is 5.56 Å². The van der Waals surface area contributed by atoms with E-state index in [0.29, 0.717) is 5.95 Å². The van der Waals surface area contributed by atoms with Crippen LogP contribution in [-0.2, 0) is 6.42 Å². The third-order valence-corrected chi connectivity index (χ3v) is 5.20. The van der Waals surface area contributed by atoms with Gasteiger partial charge < -0.3 is 14.6 Å². The molecule has 0 amide bonds. The molecule has 0 spiro atoms. The number of fused-ring (bicyclic) bond motifs is 1. The molecule has 5 nitrogen and oxygen atoms in total. The molecule has 2 aromatic carbocycles. The summed E-state index contributed by atoms with van der Waals surface area (Å²) in [5.74, 6) is 1.44. The summed E-state index contributed by atoms with van der Waals surface area (Å²) in [6.45, 7) is 4.02. The second-order valence-electron chi connectivity index (χ2n) is 7.01. The van der Waals surface area contributed by atoms with Crippen molar-refractivity contribution < 1.29 is 4.74 Å². The van der Waals surface area contributed by atoms with Crippen molar-refractivity contribution >= 4 is 11.6 Å². The van der Waals surface area contributed by atoms with Crippen molar-refractivity contribution in [2.24, 2.45) is 0 Å². The zero-order valence-electron chi connectivity index (χ0n) is 15.8. The van der Waals surface area contributed by atoms with Gasteiger partial charge >= 0.3 is 0 Å². The van der Waals surface area contributed by atoms with E-state index in [1.165, 1.54) is 5.56 Å². The van der Waals surface area contributed by atoms with Crippen molar-refractivity contribution in [1.29, 1.82) is 0 Å². The summed E-state index contributed by atoms with van der Waals surface area (Å²) >= 11 is 0. The lowest BCUT2D eigenvalue weighted by atomic mass is 10.1. The van der Waals surface area contributed by atoms with Gasteiger partial charge in [0, 0.05) is 17.4 Å². The van der Waals surface area contributed by atoms with E-state index in [0.717, 1.165) is 41.1 Å². The van der Waals surface area contributed by atoms with Crippen LogP contribution in [0.5, 0.6) is 5.75 Å². The van der Waals surface area contributed by atoms with Gasteiger partial charge in [-0.2, -0.15) is 4.98 Å². The van der Waals surface area contributed by atoms with Crippen LogP contribution >= 0.6 is 0 Å². The Bertz CT molecular complexity index is 1040. The van der Waals surface area contributed by atoms with Crippen molar-refractivity contribution in [2.45, 2.75) is 32.7 Å². The molecular weight excluding hydrogens is 338 g/mol. The zero-order valence-corrected chi connectivity index (χ0v) is 15.8. The number of hydrogen-bond donors (Lipinski definition) is 1. The molecule has 0 saturated carbocycles. The maximum absolute atomic E-state index is 12.2. The SMILES string of the molecule is COc1cc(C)c(Nc2nc(=O)cc3n2C(c2ccccc2)CC3)cc1C. The summed E-state index contributed by atoms with van der Waals surface area (Å²) in [6, 6.07) is 16.2. The minimum atomic E-state index is -0.208. The molecule has 4 rings (SSSR count). The second-order valence-corrected chi connectivity index (χ2v) is 7.01. The molecule has 138 valence electrons. The van der Waals surface area contributed by atoms with Crippen molar-refractivity contribution in [3.8, 4) is 5.75 Å². The first-order valence-electron chi connectivity index (χ1n) is 9.16. The fourth-order valence-electron chi connectivity index (χ4n) is 3.84. The Hall–Kier alpha value is -3.08. The second kappa shape index (κ2) is 6.91. The zero-order chi connectivity index (χ0) is 19.0. The van der Waals surface area contributed by atoms with Gasteiger partial charge in [-0.05, 0) is 55.5 Å². The highest BCUT2D eigenvalue weighted by Crippen LogP contribution is 2.35. The van der Waals surface area contributed by atoms with Crippen molar-refractivity contribution in [2.75, 3.05) is 12.4 Å². The highest BCUT2D eigenvalue weighted by atomic mass is 16.5. The molecule has 1 unspecified atom stereocenters. The first-order chi connectivity index (χ1) is 13.1. The summed E-state index contributed by atoms with van der Waals surface area (Å²) in [7, 11) is 1.67. The van der Waals surface area contributed by atoms with Crippen LogP contribution in [0.2, 0.25) is 0 Å². The number of hydrogen-bond acceptors (Lipinski definition) is 4. The summed E-state index contributed by atoms with van der Waals surface area (Å²) < 4.78 is 7.56. The predicted molar refractivity (Wildman–Crippen MR) is 107 cm³/mol. The van der Waals surface area contributed by atoms with Crippen LogP contribution < -0.4 is 15.6 Å². The summed E-state index contributed by atoms with van der Waals surface area (Å²) in [5.41, 5.74) is 5.05. The molecule has 5 heteroatoms. The fourth-order valence-corrected chi connectivity index (χ4v) is 3.84. The predicted octanol–water partition coefficient (Wildman–Crippen LogP) is 4.15. The van der Waals surface area contributed by atoms with E-state index in [9.17, 15) is 4.79 Å². The number of nitrogens with one attached hydrogen (secondary N) is 1. The van der Waals surface area contributed by atoms with E-state index >= 15 is 0 Å². The number of aromatic nitrogens is 2. The number of anilines is 2.